The Morgan fingerprint density at radius 1 is 1.18 bits per heavy atom. The maximum Gasteiger partial charge on any atom is 0.416 e. The largest absolute Gasteiger partial charge is 0.490 e. The number of hydrogen-bond donors (Lipinski definition) is 1. The minimum atomic E-state index is -4.72. The lowest BCUT2D eigenvalue weighted by Crippen LogP contribution is -2.15. The highest BCUT2D eigenvalue weighted by Gasteiger charge is 2.33. The van der Waals surface area contributed by atoms with E-state index in [1.807, 2.05) is 0 Å². The molecule has 178 valence electrons. The summed E-state index contributed by atoms with van der Waals surface area (Å²) >= 11 is 3.32. The summed E-state index contributed by atoms with van der Waals surface area (Å²) in [5, 5.41) is 15.0. The topological polar surface area (TPSA) is 112 Å². The SMILES string of the molecule is CCOC(=O)COc1cc(Br)c(/C=N\Nc2ccc(C(F)(F)F)cc2[N+](=O)[O-])cc1OCC. The average molecular weight is 534 g/mol. The number of carbonyl (C=O) groups excluding carboxylic acids is 1. The van der Waals surface area contributed by atoms with Gasteiger partial charge in [0.15, 0.2) is 18.1 Å². The number of esters is 1. The number of ether oxygens (including phenoxy) is 3. The second kappa shape index (κ2) is 11.5. The van der Waals surface area contributed by atoms with Gasteiger partial charge >= 0.3 is 12.1 Å². The molecule has 2 aromatic rings. The first-order valence-electron chi connectivity index (χ1n) is 9.46. The number of hydrogen-bond acceptors (Lipinski definition) is 8. The molecule has 0 amide bonds. The molecule has 0 atom stereocenters. The van der Waals surface area contributed by atoms with Crippen molar-refractivity contribution < 1.29 is 37.1 Å². The van der Waals surface area contributed by atoms with Gasteiger partial charge in [-0.25, -0.2) is 4.79 Å². The highest BCUT2D eigenvalue weighted by Crippen LogP contribution is 2.35. The van der Waals surface area contributed by atoms with Crippen molar-refractivity contribution in [1.29, 1.82) is 0 Å². The van der Waals surface area contributed by atoms with Crippen molar-refractivity contribution in [3.05, 3.63) is 56.0 Å². The summed E-state index contributed by atoms with van der Waals surface area (Å²) in [6.07, 6.45) is -3.44. The summed E-state index contributed by atoms with van der Waals surface area (Å²) in [5.74, 6) is 0.0104. The molecule has 0 heterocycles. The Bertz CT molecular complexity index is 1050. The molecule has 0 aliphatic heterocycles. The number of nitrogens with one attached hydrogen (secondary N) is 1. The van der Waals surface area contributed by atoms with E-state index in [2.05, 4.69) is 26.5 Å². The number of hydrazone groups is 1. The molecule has 0 aliphatic rings. The fourth-order valence-corrected chi connectivity index (χ4v) is 2.92. The fourth-order valence-electron chi connectivity index (χ4n) is 2.50. The Morgan fingerprint density at radius 2 is 1.88 bits per heavy atom. The number of halogens is 4. The number of anilines is 1. The maximum absolute atomic E-state index is 12.8. The predicted octanol–water partition coefficient (Wildman–Crippen LogP) is 5.16. The Kier molecular flexibility index (Phi) is 9.02. The lowest BCUT2D eigenvalue weighted by molar-refractivity contribution is -0.384. The molecule has 2 rings (SSSR count). The maximum atomic E-state index is 12.8. The van der Waals surface area contributed by atoms with Crippen LogP contribution in [0.4, 0.5) is 24.5 Å². The third kappa shape index (κ3) is 7.34. The van der Waals surface area contributed by atoms with Crippen LogP contribution in [-0.2, 0) is 15.7 Å². The van der Waals surface area contributed by atoms with E-state index in [1.165, 1.54) is 12.3 Å². The Hall–Kier alpha value is -3.35. The molecule has 0 fully saturated rings. The van der Waals surface area contributed by atoms with E-state index in [-0.39, 0.29) is 24.7 Å². The van der Waals surface area contributed by atoms with Gasteiger partial charge in [-0.15, -0.1) is 0 Å². The van der Waals surface area contributed by atoms with Crippen molar-refractivity contribution in [2.45, 2.75) is 20.0 Å². The highest BCUT2D eigenvalue weighted by atomic mass is 79.9. The van der Waals surface area contributed by atoms with Gasteiger partial charge in [-0.2, -0.15) is 18.3 Å². The number of nitro benzene ring substituents is 1. The van der Waals surface area contributed by atoms with Crippen molar-refractivity contribution >= 4 is 39.5 Å². The molecule has 0 radical (unpaired) electrons. The quantitative estimate of drug-likeness (QED) is 0.194. The molecule has 0 bridgehead atoms. The van der Waals surface area contributed by atoms with Crippen LogP contribution in [-0.4, -0.2) is 36.9 Å². The minimum Gasteiger partial charge on any atom is -0.490 e. The first-order chi connectivity index (χ1) is 15.6. The normalized spacial score (nSPS) is 11.3. The van der Waals surface area contributed by atoms with E-state index in [1.54, 1.807) is 19.9 Å². The van der Waals surface area contributed by atoms with Gasteiger partial charge in [-0.1, -0.05) is 0 Å². The molecular weight excluding hydrogens is 515 g/mol. The van der Waals surface area contributed by atoms with E-state index in [4.69, 9.17) is 14.2 Å². The van der Waals surface area contributed by atoms with Crippen LogP contribution in [0.3, 0.4) is 0 Å². The van der Waals surface area contributed by atoms with Crippen LogP contribution in [0.2, 0.25) is 0 Å². The van der Waals surface area contributed by atoms with Crippen LogP contribution in [0.5, 0.6) is 11.5 Å². The molecule has 9 nitrogen and oxygen atoms in total. The minimum absolute atomic E-state index is 0.212. The number of carbonyl (C=O) groups is 1. The molecule has 2 aromatic carbocycles. The van der Waals surface area contributed by atoms with Crippen LogP contribution >= 0.6 is 15.9 Å². The predicted molar refractivity (Wildman–Crippen MR) is 117 cm³/mol. The summed E-state index contributed by atoms with van der Waals surface area (Å²) < 4.78 is 54.7. The molecule has 33 heavy (non-hydrogen) atoms. The van der Waals surface area contributed by atoms with Gasteiger partial charge < -0.3 is 14.2 Å². The van der Waals surface area contributed by atoms with Crippen molar-refractivity contribution in [3.63, 3.8) is 0 Å². The Labute approximate surface area is 194 Å². The molecular formula is C20H19BrF3N3O6. The van der Waals surface area contributed by atoms with Gasteiger partial charge in [-0.3, -0.25) is 15.5 Å². The van der Waals surface area contributed by atoms with E-state index < -0.39 is 28.3 Å². The van der Waals surface area contributed by atoms with Crippen LogP contribution in [0.15, 0.2) is 39.9 Å². The molecule has 0 saturated heterocycles. The smallest absolute Gasteiger partial charge is 0.416 e. The molecule has 0 spiro atoms. The van der Waals surface area contributed by atoms with Gasteiger partial charge in [0.25, 0.3) is 5.69 Å². The van der Waals surface area contributed by atoms with Crippen LogP contribution < -0.4 is 14.9 Å². The lowest BCUT2D eigenvalue weighted by Gasteiger charge is -2.13. The van der Waals surface area contributed by atoms with E-state index >= 15 is 0 Å². The van der Waals surface area contributed by atoms with E-state index in [0.29, 0.717) is 34.5 Å². The molecule has 0 unspecified atom stereocenters. The van der Waals surface area contributed by atoms with Crippen LogP contribution in [0.25, 0.3) is 0 Å². The van der Waals surface area contributed by atoms with Crippen LogP contribution in [0.1, 0.15) is 25.0 Å². The molecule has 0 saturated carbocycles. The van der Waals surface area contributed by atoms with Crippen molar-refractivity contribution in [3.8, 4) is 11.5 Å². The summed E-state index contributed by atoms with van der Waals surface area (Å²) in [4.78, 5) is 21.8. The second-order valence-corrected chi connectivity index (χ2v) is 7.06. The van der Waals surface area contributed by atoms with Crippen molar-refractivity contribution in [2.24, 2.45) is 5.10 Å². The van der Waals surface area contributed by atoms with Gasteiger partial charge in [0.05, 0.1) is 29.9 Å². The second-order valence-electron chi connectivity index (χ2n) is 6.20. The number of nitro groups is 1. The summed E-state index contributed by atoms with van der Waals surface area (Å²) in [6, 6.07) is 5.14. The van der Waals surface area contributed by atoms with E-state index in [9.17, 15) is 28.1 Å². The van der Waals surface area contributed by atoms with Gasteiger partial charge in [0.1, 0.15) is 5.69 Å². The average Bonchev–Trinajstić information content (AvgIpc) is 2.74. The molecule has 1 N–H and O–H groups in total. The highest BCUT2D eigenvalue weighted by molar-refractivity contribution is 9.10. The number of benzene rings is 2. The first-order valence-corrected chi connectivity index (χ1v) is 10.3. The summed E-state index contributed by atoms with van der Waals surface area (Å²) in [7, 11) is 0. The zero-order chi connectivity index (χ0) is 24.6. The number of alkyl halides is 3. The Morgan fingerprint density at radius 3 is 2.48 bits per heavy atom. The zero-order valence-corrected chi connectivity index (χ0v) is 19.0. The summed E-state index contributed by atoms with van der Waals surface area (Å²) in [5.41, 5.74) is 0.689. The van der Waals surface area contributed by atoms with Crippen molar-refractivity contribution in [2.75, 3.05) is 25.2 Å². The molecule has 0 aliphatic carbocycles. The molecule has 0 aromatic heterocycles. The van der Waals surface area contributed by atoms with Gasteiger partial charge in [0.2, 0.25) is 0 Å². The molecule has 13 heteroatoms. The van der Waals surface area contributed by atoms with Crippen LogP contribution in [0, 0.1) is 10.1 Å². The number of nitrogens with zero attached hydrogens (tertiary/aromatic N) is 2. The standard InChI is InChI=1S/C20H19BrF3N3O6/c1-3-31-17-7-12(14(21)9-18(17)33-11-19(28)32-4-2)10-25-26-15-6-5-13(20(22,23)24)8-16(15)27(29)30/h5-10,26H,3-4,11H2,1-2H3/b25-10-. The first kappa shape index (κ1) is 25.9. The third-order valence-corrected chi connectivity index (χ3v) is 4.61. The van der Waals surface area contributed by atoms with Crippen molar-refractivity contribution in [1.82, 2.24) is 0 Å². The lowest BCUT2D eigenvalue weighted by atomic mass is 10.1. The third-order valence-electron chi connectivity index (χ3n) is 3.92. The fraction of sp³-hybridized carbons (Fsp3) is 0.300. The Balaban J connectivity index is 2.24. The zero-order valence-electron chi connectivity index (χ0n) is 17.4. The van der Waals surface area contributed by atoms with E-state index in [0.717, 1.165) is 6.07 Å². The number of rotatable bonds is 10. The monoisotopic (exact) mass is 533 g/mol. The van der Waals surface area contributed by atoms with Gasteiger partial charge in [-0.05, 0) is 54.0 Å². The summed E-state index contributed by atoms with van der Waals surface area (Å²) in [6.45, 7) is 3.60. The van der Waals surface area contributed by atoms with Gasteiger partial charge in [0, 0.05) is 16.1 Å².